The van der Waals surface area contributed by atoms with Gasteiger partial charge in [0.1, 0.15) is 17.8 Å². The standard InChI is InChI=1S/C30H35ClF5N3O6/c1-16(2)22(24(40)30(34,35)36)38-26(42)23(17-10-12-20(44-6)13-11-17)39-25(41)21(15-45-28(3,4)5)37-27(43)29(32,33)18-8-7-9-19(31)14-18/h7-14,16,21-23H,15H2,1-6H3,(H,37,43)(H,38,42)(H,39,41). The Morgan fingerprint density at radius 1 is 0.867 bits per heavy atom. The topological polar surface area (TPSA) is 123 Å². The Morgan fingerprint density at radius 3 is 1.96 bits per heavy atom. The minimum absolute atomic E-state index is 0.0367. The molecule has 248 valence electrons. The fourth-order valence-corrected chi connectivity index (χ4v) is 4.06. The largest absolute Gasteiger partial charge is 0.497 e. The number of ether oxygens (including phenoxy) is 2. The summed E-state index contributed by atoms with van der Waals surface area (Å²) in [7, 11) is 1.36. The van der Waals surface area contributed by atoms with Crippen LogP contribution in [0.2, 0.25) is 5.02 Å². The van der Waals surface area contributed by atoms with Gasteiger partial charge in [0.25, 0.3) is 11.7 Å². The molecule has 2 rings (SSSR count). The number of benzene rings is 2. The van der Waals surface area contributed by atoms with Crippen LogP contribution in [0.25, 0.3) is 0 Å². The molecule has 3 atom stereocenters. The van der Waals surface area contributed by atoms with E-state index < -0.39 is 77.4 Å². The predicted molar refractivity (Wildman–Crippen MR) is 155 cm³/mol. The quantitative estimate of drug-likeness (QED) is 0.263. The van der Waals surface area contributed by atoms with Gasteiger partial charge >= 0.3 is 12.1 Å². The molecule has 0 radical (unpaired) electrons. The third kappa shape index (κ3) is 10.7. The Hall–Kier alpha value is -3.78. The fraction of sp³-hybridized carbons (Fsp3) is 0.467. The monoisotopic (exact) mass is 663 g/mol. The van der Waals surface area contributed by atoms with Gasteiger partial charge in [0.15, 0.2) is 0 Å². The molecule has 3 unspecified atom stereocenters. The van der Waals surface area contributed by atoms with Crippen LogP contribution in [0.3, 0.4) is 0 Å². The molecule has 2 aromatic rings. The van der Waals surface area contributed by atoms with Crippen molar-refractivity contribution in [3.8, 4) is 5.75 Å². The lowest BCUT2D eigenvalue weighted by Crippen LogP contribution is -2.57. The van der Waals surface area contributed by atoms with Gasteiger partial charge in [0.05, 0.1) is 25.4 Å². The molecule has 0 heterocycles. The molecule has 9 nitrogen and oxygen atoms in total. The Balaban J connectivity index is 2.47. The average Bonchev–Trinajstić information content (AvgIpc) is 2.94. The molecule has 0 fully saturated rings. The van der Waals surface area contributed by atoms with Crippen LogP contribution < -0.4 is 20.7 Å². The van der Waals surface area contributed by atoms with E-state index in [1.54, 1.807) is 20.8 Å². The molecule has 3 N–H and O–H groups in total. The number of amides is 3. The van der Waals surface area contributed by atoms with E-state index in [2.05, 4.69) is 5.32 Å². The average molecular weight is 664 g/mol. The van der Waals surface area contributed by atoms with E-state index >= 15 is 8.78 Å². The smallest absolute Gasteiger partial charge is 0.452 e. The summed E-state index contributed by atoms with van der Waals surface area (Å²) in [4.78, 5) is 51.8. The van der Waals surface area contributed by atoms with Gasteiger partial charge < -0.3 is 25.4 Å². The molecule has 0 aliphatic carbocycles. The number of hydrogen-bond donors (Lipinski definition) is 3. The van der Waals surface area contributed by atoms with Gasteiger partial charge in [-0.15, -0.1) is 0 Å². The highest BCUT2D eigenvalue weighted by Gasteiger charge is 2.46. The summed E-state index contributed by atoms with van der Waals surface area (Å²) >= 11 is 5.80. The molecule has 0 saturated carbocycles. The normalized spacial score (nSPS) is 14.2. The highest BCUT2D eigenvalue weighted by molar-refractivity contribution is 6.30. The lowest BCUT2D eigenvalue weighted by Gasteiger charge is -2.29. The third-order valence-corrected chi connectivity index (χ3v) is 6.54. The molecule has 15 heteroatoms. The maximum Gasteiger partial charge on any atom is 0.452 e. The molecule has 0 spiro atoms. The van der Waals surface area contributed by atoms with Crippen molar-refractivity contribution in [1.82, 2.24) is 16.0 Å². The van der Waals surface area contributed by atoms with Crippen LogP contribution in [0.5, 0.6) is 5.75 Å². The number of hydrogen-bond acceptors (Lipinski definition) is 6. The molecule has 0 bridgehead atoms. The van der Waals surface area contributed by atoms with Gasteiger partial charge in [-0.05, 0) is 56.5 Å². The number of carbonyl (C=O) groups is 4. The second-order valence-electron chi connectivity index (χ2n) is 11.3. The molecule has 45 heavy (non-hydrogen) atoms. The Kier molecular flexibility index (Phi) is 12.5. The predicted octanol–water partition coefficient (Wildman–Crippen LogP) is 4.87. The highest BCUT2D eigenvalue weighted by Crippen LogP contribution is 2.30. The van der Waals surface area contributed by atoms with Crippen molar-refractivity contribution < 1.29 is 50.6 Å². The summed E-state index contributed by atoms with van der Waals surface area (Å²) in [6, 6.07) is 4.25. The summed E-state index contributed by atoms with van der Waals surface area (Å²) in [6.45, 7) is 6.73. The minimum Gasteiger partial charge on any atom is -0.497 e. The van der Waals surface area contributed by atoms with Gasteiger partial charge in [0, 0.05) is 10.6 Å². The zero-order valence-corrected chi connectivity index (χ0v) is 26.1. The van der Waals surface area contributed by atoms with Crippen LogP contribution in [0.15, 0.2) is 48.5 Å². The van der Waals surface area contributed by atoms with Crippen molar-refractivity contribution in [2.75, 3.05) is 13.7 Å². The Morgan fingerprint density at radius 2 is 1.47 bits per heavy atom. The number of halogens is 6. The van der Waals surface area contributed by atoms with Crippen molar-refractivity contribution >= 4 is 35.1 Å². The number of methoxy groups -OCH3 is 1. The lowest BCUT2D eigenvalue weighted by atomic mass is 9.97. The zero-order valence-electron chi connectivity index (χ0n) is 25.4. The van der Waals surface area contributed by atoms with Gasteiger partial charge in [-0.1, -0.05) is 49.7 Å². The second-order valence-corrected chi connectivity index (χ2v) is 11.8. The van der Waals surface area contributed by atoms with E-state index in [0.717, 1.165) is 12.1 Å². The van der Waals surface area contributed by atoms with Crippen LogP contribution in [-0.2, 0) is 29.8 Å². The van der Waals surface area contributed by atoms with E-state index in [4.69, 9.17) is 21.1 Å². The summed E-state index contributed by atoms with van der Waals surface area (Å²) in [6.07, 6.45) is -5.27. The first-order chi connectivity index (χ1) is 20.7. The zero-order chi connectivity index (χ0) is 34.3. The third-order valence-electron chi connectivity index (χ3n) is 6.30. The first-order valence-electron chi connectivity index (χ1n) is 13.6. The lowest BCUT2D eigenvalue weighted by molar-refractivity contribution is -0.175. The van der Waals surface area contributed by atoms with E-state index in [1.165, 1.54) is 57.4 Å². The molecule has 2 aromatic carbocycles. The van der Waals surface area contributed by atoms with Gasteiger partial charge in [-0.3, -0.25) is 19.2 Å². The maximum atomic E-state index is 15.1. The number of alkyl halides is 5. The van der Waals surface area contributed by atoms with Crippen LogP contribution >= 0.6 is 11.6 Å². The minimum atomic E-state index is -5.27. The van der Waals surface area contributed by atoms with Gasteiger partial charge in [-0.2, -0.15) is 22.0 Å². The number of ketones is 1. The van der Waals surface area contributed by atoms with Crippen molar-refractivity contribution in [2.24, 2.45) is 5.92 Å². The van der Waals surface area contributed by atoms with Crippen molar-refractivity contribution in [1.29, 1.82) is 0 Å². The highest BCUT2D eigenvalue weighted by atomic mass is 35.5. The molecule has 3 amide bonds. The molecular formula is C30H35ClF5N3O6. The Labute approximate surface area is 262 Å². The van der Waals surface area contributed by atoms with E-state index in [9.17, 15) is 32.3 Å². The van der Waals surface area contributed by atoms with Crippen LogP contribution in [0.4, 0.5) is 22.0 Å². The molecular weight excluding hydrogens is 629 g/mol. The summed E-state index contributed by atoms with van der Waals surface area (Å²) in [5.41, 5.74) is -1.63. The molecule has 0 aliphatic heterocycles. The van der Waals surface area contributed by atoms with Crippen LogP contribution in [-0.4, -0.2) is 61.1 Å². The van der Waals surface area contributed by atoms with Gasteiger partial charge in [0.2, 0.25) is 11.8 Å². The first-order valence-corrected chi connectivity index (χ1v) is 14.0. The van der Waals surface area contributed by atoms with E-state index in [1.807, 2.05) is 10.6 Å². The van der Waals surface area contributed by atoms with Crippen molar-refractivity contribution in [2.45, 2.75) is 70.4 Å². The second kappa shape index (κ2) is 15.0. The molecule has 0 aromatic heterocycles. The summed E-state index contributed by atoms with van der Waals surface area (Å²) in [5, 5.41) is 6.19. The molecule has 0 aliphatic rings. The molecule has 0 saturated heterocycles. The maximum absolute atomic E-state index is 15.1. The SMILES string of the molecule is COc1ccc(C(NC(=O)C(COC(C)(C)C)NC(=O)C(F)(F)c2cccc(Cl)c2)C(=O)NC(C(=O)C(F)(F)F)C(C)C)cc1. The van der Waals surface area contributed by atoms with Gasteiger partial charge in [-0.25, -0.2) is 0 Å². The summed E-state index contributed by atoms with van der Waals surface area (Å²) < 4.78 is 80.7. The van der Waals surface area contributed by atoms with Crippen molar-refractivity contribution in [3.63, 3.8) is 0 Å². The number of nitrogens with one attached hydrogen (secondary N) is 3. The van der Waals surface area contributed by atoms with E-state index in [0.29, 0.717) is 5.75 Å². The number of Topliss-reactive ketones (excluding diaryl/α,β-unsaturated/α-hetero) is 1. The fourth-order valence-electron chi connectivity index (χ4n) is 3.87. The Bertz CT molecular complexity index is 1360. The van der Waals surface area contributed by atoms with Crippen LogP contribution in [0, 0.1) is 5.92 Å². The summed E-state index contributed by atoms with van der Waals surface area (Å²) in [5.74, 6) is -11.3. The first kappa shape index (κ1) is 37.4. The number of carbonyl (C=O) groups excluding carboxylic acids is 4. The number of rotatable bonds is 13. The van der Waals surface area contributed by atoms with E-state index in [-0.39, 0.29) is 10.6 Å². The van der Waals surface area contributed by atoms with Crippen LogP contribution in [0.1, 0.15) is 51.8 Å². The van der Waals surface area contributed by atoms with Crippen molar-refractivity contribution in [3.05, 3.63) is 64.7 Å².